The smallest absolute Gasteiger partial charge is 0.0826 e. The molecule has 86 valence electrons. The van der Waals surface area contributed by atoms with Gasteiger partial charge < -0.3 is 10.0 Å². The summed E-state index contributed by atoms with van der Waals surface area (Å²) in [7, 11) is 0. The van der Waals surface area contributed by atoms with Crippen molar-refractivity contribution in [1.29, 1.82) is 0 Å². The molecule has 0 fully saturated rings. The maximum Gasteiger partial charge on any atom is 0.0826 e. The Morgan fingerprint density at radius 1 is 1.50 bits per heavy atom. The number of hydrogen-bond acceptors (Lipinski definition) is 2. The molecule has 4 heteroatoms. The Kier molecular flexibility index (Phi) is 3.74. The standard InChI is InChI=1S/C12H13Cl2NO/c13-7-9(14)8-15-6-5-12(16)10-3-1-2-4-11(10)15/h1-4,7,12,16H,5-6,8H2/b9-7-. The highest BCUT2D eigenvalue weighted by molar-refractivity contribution is 6.36. The summed E-state index contributed by atoms with van der Waals surface area (Å²) in [4.78, 5) is 2.13. The van der Waals surface area contributed by atoms with Crippen molar-refractivity contribution in [2.24, 2.45) is 0 Å². The SMILES string of the molecule is OC1CCN(C/C(Cl)=C/Cl)c2ccccc21. The van der Waals surface area contributed by atoms with Crippen molar-refractivity contribution in [3.63, 3.8) is 0 Å². The molecule has 0 saturated heterocycles. The predicted molar refractivity (Wildman–Crippen MR) is 68.0 cm³/mol. The van der Waals surface area contributed by atoms with Crippen molar-refractivity contribution >= 4 is 28.9 Å². The van der Waals surface area contributed by atoms with Gasteiger partial charge in [0.25, 0.3) is 0 Å². The van der Waals surface area contributed by atoms with Crippen LogP contribution in [0.4, 0.5) is 5.69 Å². The van der Waals surface area contributed by atoms with Crippen molar-refractivity contribution in [2.45, 2.75) is 12.5 Å². The largest absolute Gasteiger partial charge is 0.388 e. The van der Waals surface area contributed by atoms with Crippen LogP contribution in [0.2, 0.25) is 0 Å². The summed E-state index contributed by atoms with van der Waals surface area (Å²) < 4.78 is 0. The fraction of sp³-hybridized carbons (Fsp3) is 0.333. The molecule has 0 radical (unpaired) electrons. The molecule has 1 unspecified atom stereocenters. The summed E-state index contributed by atoms with van der Waals surface area (Å²) >= 11 is 11.5. The van der Waals surface area contributed by atoms with Crippen LogP contribution in [-0.2, 0) is 0 Å². The first-order valence-corrected chi connectivity index (χ1v) is 6.00. The maximum absolute atomic E-state index is 9.87. The molecule has 1 aliphatic heterocycles. The number of para-hydroxylation sites is 1. The lowest BCUT2D eigenvalue weighted by Gasteiger charge is -2.33. The van der Waals surface area contributed by atoms with E-state index in [2.05, 4.69) is 4.90 Å². The van der Waals surface area contributed by atoms with Gasteiger partial charge in [-0.25, -0.2) is 0 Å². The third-order valence-electron chi connectivity index (χ3n) is 2.77. The molecule has 0 spiro atoms. The van der Waals surface area contributed by atoms with Gasteiger partial charge in [0.2, 0.25) is 0 Å². The van der Waals surface area contributed by atoms with Gasteiger partial charge >= 0.3 is 0 Å². The molecule has 0 saturated carbocycles. The number of aliphatic hydroxyl groups is 1. The van der Waals surface area contributed by atoms with Crippen molar-refractivity contribution in [3.05, 3.63) is 40.4 Å². The molecule has 1 heterocycles. The second-order valence-corrected chi connectivity index (χ2v) is 4.54. The van der Waals surface area contributed by atoms with Gasteiger partial charge in [-0.05, 0) is 12.5 Å². The molecular formula is C12H13Cl2NO. The monoisotopic (exact) mass is 257 g/mol. The first-order valence-electron chi connectivity index (χ1n) is 5.19. The Hall–Kier alpha value is -0.700. The number of halogens is 2. The highest BCUT2D eigenvalue weighted by atomic mass is 35.5. The van der Waals surface area contributed by atoms with Gasteiger partial charge in [-0.1, -0.05) is 41.4 Å². The van der Waals surface area contributed by atoms with Gasteiger partial charge in [-0.15, -0.1) is 0 Å². The van der Waals surface area contributed by atoms with Gasteiger partial charge in [-0.2, -0.15) is 0 Å². The van der Waals surface area contributed by atoms with Gasteiger partial charge in [-0.3, -0.25) is 0 Å². The van der Waals surface area contributed by atoms with Gasteiger partial charge in [0.15, 0.2) is 0 Å². The van der Waals surface area contributed by atoms with Crippen LogP contribution < -0.4 is 4.90 Å². The minimum absolute atomic E-state index is 0.369. The van der Waals surface area contributed by atoms with Crippen molar-refractivity contribution < 1.29 is 5.11 Å². The van der Waals surface area contributed by atoms with Gasteiger partial charge in [0, 0.05) is 28.4 Å². The van der Waals surface area contributed by atoms with Crippen molar-refractivity contribution in [1.82, 2.24) is 0 Å². The summed E-state index contributed by atoms with van der Waals surface area (Å²) in [5.74, 6) is 0. The van der Waals surface area contributed by atoms with Crippen LogP contribution in [0.15, 0.2) is 34.8 Å². The quantitative estimate of drug-likeness (QED) is 0.880. The lowest BCUT2D eigenvalue weighted by atomic mass is 9.99. The average molecular weight is 258 g/mol. The van der Waals surface area contributed by atoms with Crippen molar-refractivity contribution in [2.75, 3.05) is 18.0 Å². The third kappa shape index (κ3) is 2.34. The summed E-state index contributed by atoms with van der Waals surface area (Å²) in [5.41, 5.74) is 3.39. The average Bonchev–Trinajstić information content (AvgIpc) is 2.33. The molecular weight excluding hydrogens is 245 g/mol. The Labute approximate surface area is 105 Å². The summed E-state index contributed by atoms with van der Waals surface area (Å²) in [6.07, 6.45) is 0.356. The number of fused-ring (bicyclic) bond motifs is 1. The summed E-state index contributed by atoms with van der Waals surface area (Å²) in [6.45, 7) is 1.38. The number of anilines is 1. The van der Waals surface area contributed by atoms with Crippen molar-refractivity contribution in [3.8, 4) is 0 Å². The van der Waals surface area contributed by atoms with E-state index in [1.54, 1.807) is 0 Å². The van der Waals surface area contributed by atoms with Gasteiger partial charge in [0.05, 0.1) is 12.6 Å². The number of rotatable bonds is 2. The summed E-state index contributed by atoms with van der Waals surface area (Å²) in [6, 6.07) is 7.84. The molecule has 2 nitrogen and oxygen atoms in total. The van der Waals surface area contributed by atoms with Crippen LogP contribution >= 0.6 is 23.2 Å². The minimum atomic E-state index is -0.369. The second kappa shape index (κ2) is 5.09. The molecule has 1 aromatic carbocycles. The fourth-order valence-electron chi connectivity index (χ4n) is 1.99. The number of benzene rings is 1. The number of hydrogen-bond donors (Lipinski definition) is 1. The normalized spacial score (nSPS) is 20.8. The van der Waals surface area contributed by atoms with Crippen LogP contribution in [0.25, 0.3) is 0 Å². The first-order chi connectivity index (χ1) is 7.72. The van der Waals surface area contributed by atoms with E-state index in [-0.39, 0.29) is 6.10 Å². The molecule has 1 aromatic rings. The van der Waals surface area contributed by atoms with Crippen LogP contribution in [0.1, 0.15) is 18.1 Å². The van der Waals surface area contributed by atoms with E-state index in [0.717, 1.165) is 24.2 Å². The van der Waals surface area contributed by atoms with E-state index in [9.17, 15) is 5.11 Å². The van der Waals surface area contributed by atoms with Crippen LogP contribution in [0.5, 0.6) is 0 Å². The lowest BCUT2D eigenvalue weighted by Crippen LogP contribution is -2.32. The van der Waals surface area contributed by atoms with E-state index >= 15 is 0 Å². The molecule has 2 rings (SSSR count). The Morgan fingerprint density at radius 2 is 2.25 bits per heavy atom. The summed E-state index contributed by atoms with van der Waals surface area (Å²) in [5, 5.41) is 10.5. The Bertz CT molecular complexity index is 406. The van der Waals surface area contributed by atoms with Crippen LogP contribution in [-0.4, -0.2) is 18.2 Å². The lowest BCUT2D eigenvalue weighted by molar-refractivity contribution is 0.164. The molecule has 1 atom stereocenters. The Balaban J connectivity index is 2.28. The van der Waals surface area contributed by atoms with Crippen LogP contribution in [0, 0.1) is 0 Å². The highest BCUT2D eigenvalue weighted by Crippen LogP contribution is 2.33. The molecule has 0 amide bonds. The fourth-order valence-corrected chi connectivity index (χ4v) is 2.21. The minimum Gasteiger partial charge on any atom is -0.388 e. The van der Waals surface area contributed by atoms with E-state index in [0.29, 0.717) is 11.6 Å². The molecule has 16 heavy (non-hydrogen) atoms. The number of aliphatic hydroxyl groups excluding tert-OH is 1. The third-order valence-corrected chi connectivity index (χ3v) is 3.37. The van der Waals surface area contributed by atoms with Crippen LogP contribution in [0.3, 0.4) is 0 Å². The zero-order valence-corrected chi connectivity index (χ0v) is 10.2. The van der Waals surface area contributed by atoms with Gasteiger partial charge in [0.1, 0.15) is 0 Å². The van der Waals surface area contributed by atoms with E-state index in [4.69, 9.17) is 23.2 Å². The first kappa shape index (κ1) is 11.8. The molecule has 0 aliphatic carbocycles. The predicted octanol–water partition coefficient (Wildman–Crippen LogP) is 3.25. The van der Waals surface area contributed by atoms with E-state index in [1.807, 2.05) is 24.3 Å². The zero-order chi connectivity index (χ0) is 11.5. The molecule has 0 bridgehead atoms. The maximum atomic E-state index is 9.87. The number of nitrogens with zero attached hydrogens (tertiary/aromatic N) is 1. The molecule has 0 aromatic heterocycles. The Morgan fingerprint density at radius 3 is 3.00 bits per heavy atom. The zero-order valence-electron chi connectivity index (χ0n) is 8.74. The van der Waals surface area contributed by atoms with E-state index in [1.165, 1.54) is 5.54 Å². The second-order valence-electron chi connectivity index (χ2n) is 3.84. The molecule has 1 N–H and O–H groups in total. The molecule has 1 aliphatic rings. The highest BCUT2D eigenvalue weighted by Gasteiger charge is 2.22. The van der Waals surface area contributed by atoms with E-state index < -0.39 is 0 Å². The topological polar surface area (TPSA) is 23.5 Å².